The second-order valence-electron chi connectivity index (χ2n) is 4.95. The number of rotatable bonds is 8. The molecule has 0 saturated carbocycles. The van der Waals surface area contributed by atoms with E-state index in [2.05, 4.69) is 10.1 Å². The van der Waals surface area contributed by atoms with E-state index in [-0.39, 0.29) is 24.1 Å². The fraction of sp³-hybridized carbons (Fsp3) is 0.375. The Morgan fingerprint density at radius 1 is 1.25 bits per heavy atom. The predicted octanol–water partition coefficient (Wildman–Crippen LogP) is 2.38. The number of carbonyl (C=O) groups is 2. The van der Waals surface area contributed by atoms with Gasteiger partial charge in [-0.1, -0.05) is 6.07 Å². The highest BCUT2D eigenvalue weighted by atomic mass is 19.3. The quantitative estimate of drug-likeness (QED) is 0.579. The van der Waals surface area contributed by atoms with Crippen LogP contribution in [0.2, 0.25) is 0 Å². The molecule has 0 atom stereocenters. The van der Waals surface area contributed by atoms with E-state index in [1.54, 1.807) is 13.8 Å². The number of hydrogen-bond acceptors (Lipinski definition) is 5. The lowest BCUT2D eigenvalue weighted by Crippen LogP contribution is -2.33. The molecule has 0 spiro atoms. The van der Waals surface area contributed by atoms with Crippen LogP contribution < -0.4 is 14.8 Å². The standard InChI is InChI=1S/C16H19F2NO5/c1-10(2)19-14(20)9-23-15(21)7-5-11-4-6-12(24-16(17)18)13(8-11)22-3/h4-8,10,16H,9H2,1-3H3,(H,19,20)/b7-5+. The zero-order valence-electron chi connectivity index (χ0n) is 13.5. The van der Waals surface area contributed by atoms with Crippen LogP contribution in [0.1, 0.15) is 19.4 Å². The maximum absolute atomic E-state index is 12.2. The van der Waals surface area contributed by atoms with Gasteiger partial charge in [0, 0.05) is 12.1 Å². The minimum atomic E-state index is -2.97. The zero-order chi connectivity index (χ0) is 18.1. The zero-order valence-corrected chi connectivity index (χ0v) is 13.5. The van der Waals surface area contributed by atoms with Gasteiger partial charge in [0.05, 0.1) is 7.11 Å². The smallest absolute Gasteiger partial charge is 0.387 e. The molecule has 0 aliphatic heterocycles. The fourth-order valence-electron chi connectivity index (χ4n) is 1.69. The highest BCUT2D eigenvalue weighted by Gasteiger charge is 2.10. The Balaban J connectivity index is 2.63. The largest absolute Gasteiger partial charge is 0.493 e. The Labute approximate surface area is 138 Å². The molecule has 0 saturated heterocycles. The second kappa shape index (κ2) is 9.49. The molecule has 0 aromatic heterocycles. The third-order valence-electron chi connectivity index (χ3n) is 2.61. The van der Waals surface area contributed by atoms with Crippen molar-refractivity contribution in [2.45, 2.75) is 26.5 Å². The number of carbonyl (C=O) groups excluding carboxylic acids is 2. The van der Waals surface area contributed by atoms with Crippen molar-refractivity contribution in [2.75, 3.05) is 13.7 Å². The van der Waals surface area contributed by atoms with Crippen molar-refractivity contribution in [3.63, 3.8) is 0 Å². The molecule has 0 fully saturated rings. The molecule has 1 amide bonds. The van der Waals surface area contributed by atoms with Crippen LogP contribution in [0.15, 0.2) is 24.3 Å². The summed E-state index contributed by atoms with van der Waals surface area (Å²) in [5.41, 5.74) is 0.511. The normalized spacial score (nSPS) is 11.0. The molecular weight excluding hydrogens is 324 g/mol. The van der Waals surface area contributed by atoms with Crippen LogP contribution in [0, 0.1) is 0 Å². The van der Waals surface area contributed by atoms with E-state index in [4.69, 9.17) is 9.47 Å². The molecule has 132 valence electrons. The minimum Gasteiger partial charge on any atom is -0.493 e. The lowest BCUT2D eigenvalue weighted by Gasteiger charge is -2.10. The summed E-state index contributed by atoms with van der Waals surface area (Å²) in [5, 5.41) is 2.58. The predicted molar refractivity (Wildman–Crippen MR) is 82.9 cm³/mol. The number of methoxy groups -OCH3 is 1. The van der Waals surface area contributed by atoms with Crippen LogP contribution in [0.25, 0.3) is 6.08 Å². The molecule has 0 aliphatic rings. The molecule has 8 heteroatoms. The number of esters is 1. The summed E-state index contributed by atoms with van der Waals surface area (Å²) in [5.74, 6) is -1.12. The third kappa shape index (κ3) is 7.08. The maximum Gasteiger partial charge on any atom is 0.387 e. The first kappa shape index (κ1) is 19.4. The maximum atomic E-state index is 12.2. The van der Waals surface area contributed by atoms with Gasteiger partial charge in [-0.25, -0.2) is 4.79 Å². The van der Waals surface area contributed by atoms with Gasteiger partial charge in [-0.3, -0.25) is 4.79 Å². The molecule has 0 unspecified atom stereocenters. The number of halogens is 2. The van der Waals surface area contributed by atoms with E-state index in [9.17, 15) is 18.4 Å². The van der Waals surface area contributed by atoms with Crippen molar-refractivity contribution in [3.05, 3.63) is 29.8 Å². The van der Waals surface area contributed by atoms with E-state index >= 15 is 0 Å². The highest BCUT2D eigenvalue weighted by molar-refractivity contribution is 5.89. The second-order valence-corrected chi connectivity index (χ2v) is 4.95. The number of benzene rings is 1. The van der Waals surface area contributed by atoms with E-state index in [1.807, 2.05) is 0 Å². The molecule has 6 nitrogen and oxygen atoms in total. The van der Waals surface area contributed by atoms with Gasteiger partial charge in [-0.05, 0) is 37.6 Å². The van der Waals surface area contributed by atoms with Gasteiger partial charge >= 0.3 is 12.6 Å². The first-order chi connectivity index (χ1) is 11.3. The molecule has 0 aliphatic carbocycles. The summed E-state index contributed by atoms with van der Waals surface area (Å²) in [6.45, 7) is 0.224. The molecule has 1 N–H and O–H groups in total. The van der Waals surface area contributed by atoms with Crippen molar-refractivity contribution in [1.29, 1.82) is 0 Å². The number of hydrogen-bond donors (Lipinski definition) is 1. The first-order valence-corrected chi connectivity index (χ1v) is 7.09. The fourth-order valence-corrected chi connectivity index (χ4v) is 1.69. The number of ether oxygens (including phenoxy) is 3. The summed E-state index contributed by atoms with van der Waals surface area (Å²) >= 11 is 0. The van der Waals surface area contributed by atoms with E-state index < -0.39 is 18.5 Å². The van der Waals surface area contributed by atoms with Crippen LogP contribution in [0.3, 0.4) is 0 Å². The van der Waals surface area contributed by atoms with Gasteiger partial charge in [-0.2, -0.15) is 8.78 Å². The average molecular weight is 343 g/mol. The summed E-state index contributed by atoms with van der Waals surface area (Å²) in [7, 11) is 1.31. The van der Waals surface area contributed by atoms with Crippen molar-refractivity contribution in [1.82, 2.24) is 5.32 Å². The van der Waals surface area contributed by atoms with Gasteiger partial charge < -0.3 is 19.5 Å². The molecule has 24 heavy (non-hydrogen) atoms. The van der Waals surface area contributed by atoms with Gasteiger partial charge in [0.2, 0.25) is 0 Å². The average Bonchev–Trinajstić information content (AvgIpc) is 2.50. The highest BCUT2D eigenvalue weighted by Crippen LogP contribution is 2.29. The molecule has 0 heterocycles. The monoisotopic (exact) mass is 343 g/mol. The number of nitrogens with one attached hydrogen (secondary N) is 1. The first-order valence-electron chi connectivity index (χ1n) is 7.09. The van der Waals surface area contributed by atoms with Crippen LogP contribution in [-0.2, 0) is 14.3 Å². The molecule has 0 bridgehead atoms. The minimum absolute atomic E-state index is 0.0480. The summed E-state index contributed by atoms with van der Waals surface area (Å²) in [4.78, 5) is 22.9. The summed E-state index contributed by atoms with van der Waals surface area (Å²) in [6.07, 6.45) is 2.52. The number of amides is 1. The van der Waals surface area contributed by atoms with Crippen molar-refractivity contribution < 1.29 is 32.6 Å². The third-order valence-corrected chi connectivity index (χ3v) is 2.61. The SMILES string of the molecule is COc1cc(/C=C/C(=O)OCC(=O)NC(C)C)ccc1OC(F)F. The molecular formula is C16H19F2NO5. The molecule has 1 rings (SSSR count). The Morgan fingerprint density at radius 3 is 2.54 bits per heavy atom. The molecule has 1 aromatic rings. The Kier molecular flexibility index (Phi) is 7.67. The number of alkyl halides is 2. The Hall–Kier alpha value is -2.64. The van der Waals surface area contributed by atoms with Crippen molar-refractivity contribution in [2.24, 2.45) is 0 Å². The van der Waals surface area contributed by atoms with Crippen molar-refractivity contribution in [3.8, 4) is 11.5 Å². The van der Waals surface area contributed by atoms with Crippen molar-refractivity contribution >= 4 is 18.0 Å². The van der Waals surface area contributed by atoms with Crippen LogP contribution in [0.4, 0.5) is 8.78 Å². The Morgan fingerprint density at radius 2 is 1.96 bits per heavy atom. The lowest BCUT2D eigenvalue weighted by molar-refractivity contribution is -0.143. The van der Waals surface area contributed by atoms with Gasteiger partial charge in [0.25, 0.3) is 5.91 Å². The molecule has 0 radical (unpaired) electrons. The lowest BCUT2D eigenvalue weighted by atomic mass is 10.2. The summed E-state index contributed by atoms with van der Waals surface area (Å²) in [6, 6.07) is 4.14. The Bertz CT molecular complexity index is 602. The van der Waals surface area contributed by atoms with E-state index in [1.165, 1.54) is 31.4 Å². The van der Waals surface area contributed by atoms with Crippen LogP contribution >= 0.6 is 0 Å². The molecule has 1 aromatic carbocycles. The van der Waals surface area contributed by atoms with Crippen LogP contribution in [-0.4, -0.2) is 38.2 Å². The van der Waals surface area contributed by atoms with E-state index in [0.717, 1.165) is 6.08 Å². The summed E-state index contributed by atoms with van der Waals surface area (Å²) < 4.78 is 38.5. The van der Waals surface area contributed by atoms with E-state index in [0.29, 0.717) is 5.56 Å². The van der Waals surface area contributed by atoms with Gasteiger partial charge in [0.15, 0.2) is 18.1 Å². The van der Waals surface area contributed by atoms with Crippen LogP contribution in [0.5, 0.6) is 11.5 Å². The van der Waals surface area contributed by atoms with Gasteiger partial charge in [-0.15, -0.1) is 0 Å². The van der Waals surface area contributed by atoms with Gasteiger partial charge in [0.1, 0.15) is 0 Å². The topological polar surface area (TPSA) is 73.9 Å².